The molecule has 0 bridgehead atoms. The van der Waals surface area contributed by atoms with Gasteiger partial charge in [0.15, 0.2) is 0 Å². The Labute approximate surface area is 102 Å². The van der Waals surface area contributed by atoms with E-state index < -0.39 is 0 Å². The Kier molecular flexibility index (Phi) is 4.53. The Hall–Kier alpha value is -1.54. The van der Waals surface area contributed by atoms with Crippen molar-refractivity contribution in [2.24, 2.45) is 13.0 Å². The summed E-state index contributed by atoms with van der Waals surface area (Å²) in [6.45, 7) is 7.23. The average Bonchev–Trinajstić information content (AvgIpc) is 2.60. The number of aromatic nitrogens is 2. The number of nitrogens with zero attached hydrogens (tertiary/aromatic N) is 4. The van der Waals surface area contributed by atoms with Crippen LogP contribution in [0.25, 0.3) is 0 Å². The van der Waals surface area contributed by atoms with Gasteiger partial charge in [0.1, 0.15) is 5.82 Å². The van der Waals surface area contributed by atoms with Gasteiger partial charge in [-0.2, -0.15) is 10.4 Å². The number of hydrogen-bond donors (Lipinski definition) is 1. The molecule has 1 heterocycles. The molecule has 1 unspecified atom stereocenters. The van der Waals surface area contributed by atoms with E-state index in [4.69, 9.17) is 5.26 Å². The van der Waals surface area contributed by atoms with Crippen LogP contribution in [-0.4, -0.2) is 28.0 Å². The molecular weight excluding hydrogens is 216 g/mol. The number of rotatable bonds is 5. The zero-order chi connectivity index (χ0) is 13.0. The Morgan fingerprint density at radius 3 is 2.71 bits per heavy atom. The average molecular weight is 236 g/mol. The van der Waals surface area contributed by atoms with E-state index in [-0.39, 0.29) is 12.5 Å². The lowest BCUT2D eigenvalue weighted by atomic mass is 10.1. The second-order valence-corrected chi connectivity index (χ2v) is 4.24. The SMILES string of the molecule is CCN(CC(C)C#N)c1c(CO)c(C)nn1C. The summed E-state index contributed by atoms with van der Waals surface area (Å²) in [6, 6.07) is 2.23. The first-order valence-electron chi connectivity index (χ1n) is 5.83. The first kappa shape index (κ1) is 13.5. The normalized spacial score (nSPS) is 12.2. The van der Waals surface area contributed by atoms with Crippen LogP contribution in [0.15, 0.2) is 0 Å². The molecule has 1 aromatic rings. The first-order chi connectivity index (χ1) is 8.04. The maximum absolute atomic E-state index is 9.40. The highest BCUT2D eigenvalue weighted by atomic mass is 16.3. The third-order valence-electron chi connectivity index (χ3n) is 2.87. The van der Waals surface area contributed by atoms with Crippen molar-refractivity contribution >= 4 is 5.82 Å². The molecule has 5 nitrogen and oxygen atoms in total. The fraction of sp³-hybridized carbons (Fsp3) is 0.667. The summed E-state index contributed by atoms with van der Waals surface area (Å²) in [4.78, 5) is 2.08. The van der Waals surface area contributed by atoms with Gasteiger partial charge in [-0.1, -0.05) is 0 Å². The number of aliphatic hydroxyl groups is 1. The molecule has 0 aliphatic carbocycles. The van der Waals surface area contributed by atoms with Gasteiger partial charge in [0, 0.05) is 25.7 Å². The van der Waals surface area contributed by atoms with Crippen molar-refractivity contribution in [3.63, 3.8) is 0 Å². The van der Waals surface area contributed by atoms with Gasteiger partial charge >= 0.3 is 0 Å². The smallest absolute Gasteiger partial charge is 0.132 e. The number of hydrogen-bond acceptors (Lipinski definition) is 4. The van der Waals surface area contributed by atoms with Gasteiger partial charge in [-0.15, -0.1) is 0 Å². The van der Waals surface area contributed by atoms with Crippen LogP contribution in [0, 0.1) is 24.2 Å². The topological polar surface area (TPSA) is 65.1 Å². The second kappa shape index (κ2) is 5.69. The lowest BCUT2D eigenvalue weighted by Crippen LogP contribution is -2.30. The van der Waals surface area contributed by atoms with Crippen molar-refractivity contribution in [2.75, 3.05) is 18.0 Å². The van der Waals surface area contributed by atoms with Crippen LogP contribution in [0.5, 0.6) is 0 Å². The molecule has 94 valence electrons. The number of nitriles is 1. The number of aliphatic hydroxyl groups excluding tert-OH is 1. The Morgan fingerprint density at radius 1 is 1.59 bits per heavy atom. The molecule has 0 fully saturated rings. The van der Waals surface area contributed by atoms with Crippen LogP contribution in [0.3, 0.4) is 0 Å². The fourth-order valence-corrected chi connectivity index (χ4v) is 2.01. The van der Waals surface area contributed by atoms with Gasteiger partial charge in [-0.25, -0.2) is 0 Å². The highest BCUT2D eigenvalue weighted by Gasteiger charge is 2.19. The fourth-order valence-electron chi connectivity index (χ4n) is 2.01. The molecule has 0 spiro atoms. The van der Waals surface area contributed by atoms with Gasteiger partial charge < -0.3 is 10.0 Å². The number of aryl methyl sites for hydroxylation is 2. The lowest BCUT2D eigenvalue weighted by molar-refractivity contribution is 0.281. The van der Waals surface area contributed by atoms with Gasteiger partial charge in [0.05, 0.1) is 24.3 Å². The van der Waals surface area contributed by atoms with Crippen molar-refractivity contribution in [3.05, 3.63) is 11.3 Å². The third kappa shape index (κ3) is 2.77. The van der Waals surface area contributed by atoms with E-state index in [1.54, 1.807) is 4.68 Å². The van der Waals surface area contributed by atoms with Gasteiger partial charge in [-0.05, 0) is 20.8 Å². The maximum Gasteiger partial charge on any atom is 0.132 e. The van der Waals surface area contributed by atoms with E-state index in [1.807, 2.05) is 27.8 Å². The van der Waals surface area contributed by atoms with Gasteiger partial charge in [-0.3, -0.25) is 4.68 Å². The number of anilines is 1. The molecule has 0 amide bonds. The zero-order valence-electron chi connectivity index (χ0n) is 10.9. The van der Waals surface area contributed by atoms with Crippen molar-refractivity contribution in [1.82, 2.24) is 9.78 Å². The molecule has 1 aromatic heterocycles. The molecule has 0 saturated heterocycles. The summed E-state index contributed by atoms with van der Waals surface area (Å²) in [7, 11) is 1.86. The highest BCUT2D eigenvalue weighted by Crippen LogP contribution is 2.23. The quantitative estimate of drug-likeness (QED) is 0.834. The van der Waals surface area contributed by atoms with Crippen LogP contribution in [0.4, 0.5) is 5.82 Å². The second-order valence-electron chi connectivity index (χ2n) is 4.24. The molecule has 1 rings (SSSR count). The Balaban J connectivity index is 3.07. The van der Waals surface area contributed by atoms with Gasteiger partial charge in [0.2, 0.25) is 0 Å². The van der Waals surface area contributed by atoms with Crippen LogP contribution in [0.2, 0.25) is 0 Å². The molecular formula is C12H20N4O. The molecule has 1 atom stereocenters. The van der Waals surface area contributed by atoms with E-state index in [0.717, 1.165) is 23.6 Å². The monoisotopic (exact) mass is 236 g/mol. The third-order valence-corrected chi connectivity index (χ3v) is 2.87. The molecule has 0 radical (unpaired) electrons. The van der Waals surface area contributed by atoms with Crippen LogP contribution in [-0.2, 0) is 13.7 Å². The Morgan fingerprint density at radius 2 is 2.24 bits per heavy atom. The molecule has 1 N–H and O–H groups in total. The van der Waals surface area contributed by atoms with Gasteiger partial charge in [0.25, 0.3) is 0 Å². The standard InChI is InChI=1S/C12H20N4O/c1-5-16(7-9(2)6-13)12-11(8-17)10(3)14-15(12)4/h9,17H,5,7-8H2,1-4H3. The first-order valence-corrected chi connectivity index (χ1v) is 5.83. The molecule has 0 aromatic carbocycles. The van der Waals surface area contributed by atoms with E-state index in [9.17, 15) is 5.11 Å². The van der Waals surface area contributed by atoms with Crippen LogP contribution >= 0.6 is 0 Å². The molecule has 17 heavy (non-hydrogen) atoms. The van der Waals surface area contributed by atoms with Crippen LogP contribution in [0.1, 0.15) is 25.1 Å². The summed E-state index contributed by atoms with van der Waals surface area (Å²) < 4.78 is 1.77. The van der Waals surface area contributed by atoms with Crippen molar-refractivity contribution in [2.45, 2.75) is 27.4 Å². The molecule has 0 aliphatic heterocycles. The molecule has 0 saturated carbocycles. The summed E-state index contributed by atoms with van der Waals surface area (Å²) in [5, 5.41) is 22.6. The van der Waals surface area contributed by atoms with Crippen molar-refractivity contribution < 1.29 is 5.11 Å². The summed E-state index contributed by atoms with van der Waals surface area (Å²) in [5.74, 6) is 0.867. The minimum atomic E-state index is -0.0447. The summed E-state index contributed by atoms with van der Waals surface area (Å²) in [5.41, 5.74) is 1.69. The summed E-state index contributed by atoms with van der Waals surface area (Å²) in [6.07, 6.45) is 0. The van der Waals surface area contributed by atoms with Crippen molar-refractivity contribution in [3.8, 4) is 6.07 Å². The molecule has 5 heteroatoms. The largest absolute Gasteiger partial charge is 0.391 e. The predicted molar refractivity (Wildman–Crippen MR) is 66.5 cm³/mol. The zero-order valence-corrected chi connectivity index (χ0v) is 10.9. The minimum absolute atomic E-state index is 0.0214. The minimum Gasteiger partial charge on any atom is -0.391 e. The lowest BCUT2D eigenvalue weighted by Gasteiger charge is -2.25. The van der Waals surface area contributed by atoms with Crippen molar-refractivity contribution in [1.29, 1.82) is 5.26 Å². The predicted octanol–water partition coefficient (Wildman–Crippen LogP) is 1.21. The highest BCUT2D eigenvalue weighted by molar-refractivity contribution is 5.50. The van der Waals surface area contributed by atoms with E-state index >= 15 is 0 Å². The Bertz CT molecular complexity index is 419. The summed E-state index contributed by atoms with van der Waals surface area (Å²) >= 11 is 0. The molecule has 0 aliphatic rings. The van der Waals surface area contributed by atoms with Crippen LogP contribution < -0.4 is 4.90 Å². The van der Waals surface area contributed by atoms with E-state index in [2.05, 4.69) is 16.1 Å². The maximum atomic E-state index is 9.40. The van der Waals surface area contributed by atoms with E-state index in [1.165, 1.54) is 0 Å². The van der Waals surface area contributed by atoms with E-state index in [0.29, 0.717) is 6.54 Å².